The molecule has 5 fully saturated rings. The second-order valence-corrected chi connectivity index (χ2v) is 14.3. The molecule has 0 aromatic heterocycles. The van der Waals surface area contributed by atoms with Gasteiger partial charge in [-0.15, -0.1) is 0 Å². The number of aliphatic hydroxyl groups is 1. The number of carbonyl (C=O) groups is 2. The van der Waals surface area contributed by atoms with Crippen molar-refractivity contribution in [3.05, 3.63) is 11.6 Å². The highest BCUT2D eigenvalue weighted by atomic mass is 16.3. The molecule has 0 aromatic rings. The summed E-state index contributed by atoms with van der Waals surface area (Å²) in [7, 11) is 0. The van der Waals surface area contributed by atoms with Crippen molar-refractivity contribution in [2.75, 3.05) is 0 Å². The molecule has 0 aromatic carbocycles. The van der Waals surface area contributed by atoms with E-state index in [0.717, 1.165) is 31.3 Å². The highest BCUT2D eigenvalue weighted by Gasteiger charge is 2.82. The molecule has 184 valence electrons. The predicted molar refractivity (Wildman–Crippen MR) is 131 cm³/mol. The van der Waals surface area contributed by atoms with Crippen LogP contribution >= 0.6 is 0 Å². The number of fused-ring (bicyclic) bond motifs is 2. The van der Waals surface area contributed by atoms with Crippen molar-refractivity contribution in [2.24, 2.45) is 50.7 Å². The topological polar surface area (TPSA) is 54.4 Å². The van der Waals surface area contributed by atoms with Gasteiger partial charge in [0, 0.05) is 18.3 Å². The maximum absolute atomic E-state index is 12.8. The van der Waals surface area contributed by atoms with E-state index in [0.29, 0.717) is 34.9 Å². The summed E-state index contributed by atoms with van der Waals surface area (Å²) in [6, 6.07) is 0. The Morgan fingerprint density at radius 2 is 1.67 bits per heavy atom. The summed E-state index contributed by atoms with van der Waals surface area (Å²) in [4.78, 5) is 25.5. The third-order valence-electron chi connectivity index (χ3n) is 12.5. The number of hydrogen-bond acceptors (Lipinski definition) is 3. The number of aliphatic hydroxyl groups excluding tert-OH is 1. The van der Waals surface area contributed by atoms with E-state index in [9.17, 15) is 14.7 Å². The summed E-state index contributed by atoms with van der Waals surface area (Å²) in [5, 5.41) is 11.5. The Kier molecular flexibility index (Phi) is 5.08. The number of carbonyl (C=O) groups excluding carboxylic acids is 2. The minimum atomic E-state index is -0.318. The molecule has 9 atom stereocenters. The molecule has 33 heavy (non-hydrogen) atoms. The lowest BCUT2D eigenvalue weighted by Gasteiger charge is -2.62. The quantitative estimate of drug-likeness (QED) is 0.492. The van der Waals surface area contributed by atoms with Crippen molar-refractivity contribution in [1.82, 2.24) is 0 Å². The van der Waals surface area contributed by atoms with Gasteiger partial charge >= 0.3 is 0 Å². The van der Waals surface area contributed by atoms with E-state index in [-0.39, 0.29) is 40.0 Å². The van der Waals surface area contributed by atoms with Crippen LogP contribution in [0.25, 0.3) is 0 Å². The second kappa shape index (κ2) is 7.05. The fourth-order valence-electron chi connectivity index (χ4n) is 11.1. The molecule has 0 radical (unpaired) electrons. The van der Waals surface area contributed by atoms with E-state index in [2.05, 4.69) is 34.6 Å². The van der Waals surface area contributed by atoms with Gasteiger partial charge in [-0.25, -0.2) is 0 Å². The second-order valence-electron chi connectivity index (χ2n) is 14.3. The molecule has 0 saturated heterocycles. The van der Waals surface area contributed by atoms with Gasteiger partial charge in [0.2, 0.25) is 0 Å². The van der Waals surface area contributed by atoms with Gasteiger partial charge in [0.25, 0.3) is 0 Å². The third-order valence-corrected chi connectivity index (χ3v) is 12.5. The average Bonchev–Trinajstić information content (AvgIpc) is 3.30. The van der Waals surface area contributed by atoms with Crippen LogP contribution in [0.1, 0.15) is 106 Å². The Bertz CT molecular complexity index is 912. The molecule has 5 aliphatic rings. The van der Waals surface area contributed by atoms with Gasteiger partial charge in [-0.05, 0) is 110 Å². The minimum absolute atomic E-state index is 0.0730. The molecule has 3 nitrogen and oxygen atoms in total. The standard InChI is InChI=1S/C30H46O3/c1-18(2)14-20(31)15-19(3)25-21(32)16-28(7)23-9-8-22-26(4,5)24(33)10-11-29(22)17-30(23,29)13-12-27(25,28)6/h14,19,21-23,25,32H,8-13,15-17H2,1-7H3/t19-,21-,22+,23+,25+,27-,28+,29-,30+/m1/s1. The van der Waals surface area contributed by atoms with Gasteiger partial charge in [0.05, 0.1) is 6.10 Å². The summed E-state index contributed by atoms with van der Waals surface area (Å²) in [6.45, 7) is 15.6. The maximum Gasteiger partial charge on any atom is 0.155 e. The average molecular weight is 455 g/mol. The van der Waals surface area contributed by atoms with Gasteiger partial charge in [0.1, 0.15) is 5.78 Å². The molecule has 0 aliphatic heterocycles. The molecule has 0 bridgehead atoms. The monoisotopic (exact) mass is 454 g/mol. The van der Waals surface area contributed by atoms with E-state index in [1.54, 1.807) is 6.08 Å². The number of allylic oxidation sites excluding steroid dienone is 2. The Balaban J connectivity index is 1.45. The van der Waals surface area contributed by atoms with Gasteiger partial charge in [0.15, 0.2) is 5.78 Å². The van der Waals surface area contributed by atoms with Crippen molar-refractivity contribution in [2.45, 2.75) is 112 Å². The van der Waals surface area contributed by atoms with Crippen molar-refractivity contribution in [3.8, 4) is 0 Å². The first-order valence-corrected chi connectivity index (χ1v) is 13.6. The zero-order valence-electron chi connectivity index (χ0n) is 22.1. The first kappa shape index (κ1) is 23.8. The third kappa shape index (κ3) is 2.84. The van der Waals surface area contributed by atoms with Crippen molar-refractivity contribution in [3.63, 3.8) is 0 Å². The zero-order chi connectivity index (χ0) is 24.2. The molecule has 2 spiro atoms. The van der Waals surface area contributed by atoms with Crippen LogP contribution in [0.4, 0.5) is 0 Å². The molecule has 5 rings (SSSR count). The van der Waals surface area contributed by atoms with Crippen LogP contribution in [0.2, 0.25) is 0 Å². The summed E-state index contributed by atoms with van der Waals surface area (Å²) >= 11 is 0. The van der Waals surface area contributed by atoms with Crippen LogP contribution in [0.3, 0.4) is 0 Å². The summed E-state index contributed by atoms with van der Waals surface area (Å²) in [6.07, 6.45) is 10.8. The van der Waals surface area contributed by atoms with Crippen LogP contribution in [0, 0.1) is 50.7 Å². The summed E-state index contributed by atoms with van der Waals surface area (Å²) in [5.41, 5.74) is 1.82. The molecule has 1 N–H and O–H groups in total. The Hall–Kier alpha value is -0.960. The van der Waals surface area contributed by atoms with Crippen molar-refractivity contribution >= 4 is 11.6 Å². The van der Waals surface area contributed by atoms with E-state index < -0.39 is 0 Å². The van der Waals surface area contributed by atoms with Crippen LogP contribution in [0.15, 0.2) is 11.6 Å². The fraction of sp³-hybridized carbons (Fsp3) is 0.867. The molecule has 0 unspecified atom stereocenters. The SMILES string of the molecule is CC(C)=CC(=O)C[C@@H](C)[C@H]1[C@H](O)C[C@@]2(C)[C@@H]3CC[C@H]4C(C)(C)C(=O)CC[C@@]45C[C@@]35CC[C@]12C. The van der Waals surface area contributed by atoms with Crippen molar-refractivity contribution < 1.29 is 14.7 Å². The fourth-order valence-corrected chi connectivity index (χ4v) is 11.1. The first-order chi connectivity index (χ1) is 15.3. The zero-order valence-corrected chi connectivity index (χ0v) is 22.1. The smallest absolute Gasteiger partial charge is 0.155 e. The van der Waals surface area contributed by atoms with E-state index in [1.165, 1.54) is 25.7 Å². The first-order valence-electron chi connectivity index (χ1n) is 13.6. The molecule has 5 aliphatic carbocycles. The van der Waals surface area contributed by atoms with Gasteiger partial charge in [-0.1, -0.05) is 40.2 Å². The largest absolute Gasteiger partial charge is 0.393 e. The molecular weight excluding hydrogens is 408 g/mol. The summed E-state index contributed by atoms with van der Waals surface area (Å²) < 4.78 is 0. The molecule has 3 heteroatoms. The number of ketones is 2. The maximum atomic E-state index is 12.8. The van der Waals surface area contributed by atoms with E-state index >= 15 is 0 Å². The van der Waals surface area contributed by atoms with Gasteiger partial charge in [-0.2, -0.15) is 0 Å². The van der Waals surface area contributed by atoms with Gasteiger partial charge in [-0.3, -0.25) is 9.59 Å². The van der Waals surface area contributed by atoms with Crippen LogP contribution < -0.4 is 0 Å². The molecular formula is C30H46O3. The Morgan fingerprint density at radius 1 is 1.03 bits per heavy atom. The molecule has 0 heterocycles. The van der Waals surface area contributed by atoms with E-state index in [1.807, 2.05) is 13.8 Å². The summed E-state index contributed by atoms with van der Waals surface area (Å²) in [5.74, 6) is 2.25. The lowest BCUT2D eigenvalue weighted by molar-refractivity contribution is -0.157. The van der Waals surface area contributed by atoms with Gasteiger partial charge < -0.3 is 5.11 Å². The molecule has 5 saturated carbocycles. The highest BCUT2D eigenvalue weighted by Crippen LogP contribution is 2.88. The van der Waals surface area contributed by atoms with Crippen molar-refractivity contribution in [1.29, 1.82) is 0 Å². The van der Waals surface area contributed by atoms with Crippen LogP contribution in [-0.4, -0.2) is 22.8 Å². The van der Waals surface area contributed by atoms with E-state index in [4.69, 9.17) is 0 Å². The van der Waals surface area contributed by atoms with Crippen LogP contribution in [0.5, 0.6) is 0 Å². The highest BCUT2D eigenvalue weighted by molar-refractivity contribution is 5.90. The minimum Gasteiger partial charge on any atom is -0.393 e. The predicted octanol–water partition coefficient (Wildman–Crippen LogP) is 6.53. The number of hydrogen-bond donors (Lipinski definition) is 1. The number of Topliss-reactive ketones (excluding diaryl/α,β-unsaturated/α-hetero) is 1. The Labute approximate surface area is 201 Å². The lowest BCUT2D eigenvalue weighted by Crippen LogP contribution is -2.57. The lowest BCUT2D eigenvalue weighted by atomic mass is 9.42. The Morgan fingerprint density at radius 3 is 2.33 bits per heavy atom. The molecule has 0 amide bonds. The number of rotatable bonds is 4. The normalized spacial score (nSPS) is 50.4. The van der Waals surface area contributed by atoms with Crippen LogP contribution in [-0.2, 0) is 9.59 Å².